The Hall–Kier alpha value is -1.46. The van der Waals surface area contributed by atoms with Crippen molar-refractivity contribution in [1.29, 1.82) is 0 Å². The van der Waals surface area contributed by atoms with Gasteiger partial charge in [-0.1, -0.05) is 28.1 Å². The zero-order valence-corrected chi connectivity index (χ0v) is 12.5. The van der Waals surface area contributed by atoms with E-state index in [-0.39, 0.29) is 18.5 Å². The molecule has 0 heterocycles. The van der Waals surface area contributed by atoms with Crippen molar-refractivity contribution >= 4 is 15.9 Å². The average Bonchev–Trinajstić information content (AvgIpc) is 2.37. The summed E-state index contributed by atoms with van der Waals surface area (Å²) in [5.74, 6) is -0.449. The predicted octanol–water partition coefficient (Wildman–Crippen LogP) is 4.33. The van der Waals surface area contributed by atoms with Gasteiger partial charge in [0.05, 0.1) is 0 Å². The molecular weight excluding hydrogens is 328 g/mol. The van der Waals surface area contributed by atoms with Gasteiger partial charge in [-0.15, -0.1) is 0 Å². The molecule has 0 aliphatic rings. The highest BCUT2D eigenvalue weighted by Crippen LogP contribution is 2.22. The van der Waals surface area contributed by atoms with Gasteiger partial charge in [0.25, 0.3) is 0 Å². The van der Waals surface area contributed by atoms with Gasteiger partial charge in [0, 0.05) is 27.7 Å². The Morgan fingerprint density at radius 3 is 2.50 bits per heavy atom. The molecule has 20 heavy (non-hydrogen) atoms. The summed E-state index contributed by atoms with van der Waals surface area (Å²) in [5, 5.41) is 0. The maximum absolute atomic E-state index is 13.7. The van der Waals surface area contributed by atoms with Crippen LogP contribution in [-0.4, -0.2) is 0 Å². The zero-order chi connectivity index (χ0) is 14.7. The van der Waals surface area contributed by atoms with Crippen molar-refractivity contribution in [3.8, 4) is 5.75 Å². The van der Waals surface area contributed by atoms with Crippen LogP contribution in [0.3, 0.4) is 0 Å². The van der Waals surface area contributed by atoms with E-state index in [0.717, 1.165) is 0 Å². The first kappa shape index (κ1) is 14.9. The lowest BCUT2D eigenvalue weighted by Gasteiger charge is -2.11. The highest BCUT2D eigenvalue weighted by Gasteiger charge is 2.09. The molecule has 2 rings (SSSR count). The normalized spacial score (nSPS) is 12.2. The van der Waals surface area contributed by atoms with Gasteiger partial charge in [0.2, 0.25) is 0 Å². The maximum Gasteiger partial charge on any atom is 0.131 e. The Balaban J connectivity index is 2.09. The second-order valence-electron chi connectivity index (χ2n) is 4.50. The predicted molar refractivity (Wildman–Crippen MR) is 77.4 cm³/mol. The van der Waals surface area contributed by atoms with Crippen LogP contribution in [0, 0.1) is 11.6 Å². The molecule has 2 nitrogen and oxygen atoms in total. The van der Waals surface area contributed by atoms with E-state index in [1.54, 1.807) is 31.2 Å². The molecule has 0 amide bonds. The van der Waals surface area contributed by atoms with Crippen molar-refractivity contribution in [3.05, 3.63) is 63.6 Å². The van der Waals surface area contributed by atoms with E-state index in [9.17, 15) is 8.78 Å². The summed E-state index contributed by atoms with van der Waals surface area (Å²) >= 11 is 3.18. The Labute approximate surface area is 124 Å². The smallest absolute Gasteiger partial charge is 0.131 e. The molecule has 0 aromatic heterocycles. The lowest BCUT2D eigenvalue weighted by molar-refractivity contribution is 0.298. The van der Waals surface area contributed by atoms with Gasteiger partial charge in [-0.2, -0.15) is 0 Å². The largest absolute Gasteiger partial charge is 0.489 e. The topological polar surface area (TPSA) is 35.2 Å². The Kier molecular flexibility index (Phi) is 4.73. The lowest BCUT2D eigenvalue weighted by Crippen LogP contribution is -2.07. The van der Waals surface area contributed by atoms with Crippen LogP contribution in [0.4, 0.5) is 8.78 Å². The van der Waals surface area contributed by atoms with E-state index >= 15 is 0 Å². The number of ether oxygens (including phenoxy) is 1. The van der Waals surface area contributed by atoms with Crippen molar-refractivity contribution in [2.24, 2.45) is 5.73 Å². The summed E-state index contributed by atoms with van der Waals surface area (Å²) in [5.41, 5.74) is 6.46. The van der Waals surface area contributed by atoms with E-state index in [1.165, 1.54) is 12.1 Å². The average molecular weight is 342 g/mol. The summed E-state index contributed by atoms with van der Waals surface area (Å²) in [6, 6.07) is 8.78. The van der Waals surface area contributed by atoms with E-state index in [4.69, 9.17) is 10.5 Å². The fourth-order valence-corrected chi connectivity index (χ4v) is 2.10. The SMILES string of the molecule is C[C@@H](N)c1ccc(OCc2ccc(Br)cc2F)cc1F. The monoisotopic (exact) mass is 341 g/mol. The van der Waals surface area contributed by atoms with Crippen molar-refractivity contribution in [3.63, 3.8) is 0 Å². The van der Waals surface area contributed by atoms with Gasteiger partial charge in [-0.3, -0.25) is 0 Å². The minimum Gasteiger partial charge on any atom is -0.489 e. The van der Waals surface area contributed by atoms with Crippen LogP contribution in [0.2, 0.25) is 0 Å². The number of halogens is 3. The second-order valence-corrected chi connectivity index (χ2v) is 5.41. The van der Waals surface area contributed by atoms with Gasteiger partial charge < -0.3 is 10.5 Å². The van der Waals surface area contributed by atoms with Crippen molar-refractivity contribution < 1.29 is 13.5 Å². The van der Waals surface area contributed by atoms with Gasteiger partial charge in [0.1, 0.15) is 24.0 Å². The first-order valence-electron chi connectivity index (χ1n) is 6.09. The molecular formula is C15H14BrF2NO. The van der Waals surface area contributed by atoms with Crippen LogP contribution in [0.15, 0.2) is 40.9 Å². The molecule has 0 bridgehead atoms. The summed E-state index contributed by atoms with van der Waals surface area (Å²) in [6.45, 7) is 1.74. The van der Waals surface area contributed by atoms with Gasteiger partial charge >= 0.3 is 0 Å². The number of hydrogen-bond acceptors (Lipinski definition) is 2. The first-order chi connectivity index (χ1) is 9.47. The fraction of sp³-hybridized carbons (Fsp3) is 0.200. The molecule has 2 N–H and O–H groups in total. The third kappa shape index (κ3) is 3.55. The summed E-state index contributed by atoms with van der Waals surface area (Å²) in [6.07, 6.45) is 0. The Morgan fingerprint density at radius 2 is 1.90 bits per heavy atom. The molecule has 0 saturated carbocycles. The molecule has 0 fully saturated rings. The Morgan fingerprint density at radius 1 is 1.15 bits per heavy atom. The van der Waals surface area contributed by atoms with Crippen LogP contribution in [-0.2, 0) is 6.61 Å². The summed E-state index contributed by atoms with van der Waals surface area (Å²) in [4.78, 5) is 0. The highest BCUT2D eigenvalue weighted by molar-refractivity contribution is 9.10. The van der Waals surface area contributed by atoms with Crippen LogP contribution >= 0.6 is 15.9 Å². The van der Waals surface area contributed by atoms with E-state index < -0.39 is 5.82 Å². The standard InChI is InChI=1S/C15H14BrF2NO/c1-9(19)13-5-4-12(7-15(13)18)20-8-10-2-3-11(16)6-14(10)17/h2-7,9H,8,19H2,1H3/t9-/m1/s1. The number of rotatable bonds is 4. The fourth-order valence-electron chi connectivity index (χ4n) is 1.77. The second kappa shape index (κ2) is 6.33. The molecule has 0 unspecified atom stereocenters. The van der Waals surface area contributed by atoms with Gasteiger partial charge in [0.15, 0.2) is 0 Å². The summed E-state index contributed by atoms with van der Waals surface area (Å²) < 4.78 is 33.4. The Bertz CT molecular complexity index is 617. The third-order valence-corrected chi connectivity index (χ3v) is 3.37. The molecule has 0 spiro atoms. The lowest BCUT2D eigenvalue weighted by atomic mass is 10.1. The van der Waals surface area contributed by atoms with E-state index in [0.29, 0.717) is 21.3 Å². The molecule has 0 aliphatic carbocycles. The molecule has 0 saturated heterocycles. The van der Waals surface area contributed by atoms with Crippen LogP contribution in [0.5, 0.6) is 5.75 Å². The minimum atomic E-state index is -0.422. The molecule has 1 atom stereocenters. The van der Waals surface area contributed by atoms with Crippen molar-refractivity contribution in [2.75, 3.05) is 0 Å². The summed E-state index contributed by atoms with van der Waals surface area (Å²) in [7, 11) is 0. The van der Waals surface area contributed by atoms with Crippen LogP contribution < -0.4 is 10.5 Å². The third-order valence-electron chi connectivity index (χ3n) is 2.87. The van der Waals surface area contributed by atoms with Crippen molar-refractivity contribution in [2.45, 2.75) is 19.6 Å². The molecule has 2 aromatic carbocycles. The highest BCUT2D eigenvalue weighted by atomic mass is 79.9. The number of nitrogens with two attached hydrogens (primary N) is 1. The molecule has 0 aliphatic heterocycles. The molecule has 5 heteroatoms. The van der Waals surface area contributed by atoms with Crippen molar-refractivity contribution in [1.82, 2.24) is 0 Å². The number of hydrogen-bond donors (Lipinski definition) is 1. The van der Waals surface area contributed by atoms with E-state index in [2.05, 4.69) is 15.9 Å². The molecule has 0 radical (unpaired) electrons. The van der Waals surface area contributed by atoms with Gasteiger partial charge in [-0.05, 0) is 25.1 Å². The first-order valence-corrected chi connectivity index (χ1v) is 6.88. The van der Waals surface area contributed by atoms with Gasteiger partial charge in [-0.25, -0.2) is 8.78 Å². The quantitative estimate of drug-likeness (QED) is 0.898. The van der Waals surface area contributed by atoms with Crippen LogP contribution in [0.1, 0.15) is 24.1 Å². The maximum atomic E-state index is 13.7. The molecule has 106 valence electrons. The number of benzene rings is 2. The minimum absolute atomic E-state index is 0.0378. The van der Waals surface area contributed by atoms with Crippen LogP contribution in [0.25, 0.3) is 0 Å². The van der Waals surface area contributed by atoms with E-state index in [1.807, 2.05) is 0 Å². The molecule has 2 aromatic rings. The zero-order valence-electron chi connectivity index (χ0n) is 10.9.